The van der Waals surface area contributed by atoms with E-state index in [0.717, 1.165) is 19.4 Å². The maximum atomic E-state index is 12.3. The number of nitrogens with one attached hydrogen (secondary N) is 2. The highest BCUT2D eigenvalue weighted by Crippen LogP contribution is 2.19. The highest BCUT2D eigenvalue weighted by molar-refractivity contribution is 7.89. The average Bonchev–Trinajstić information content (AvgIpc) is 3.02. The summed E-state index contributed by atoms with van der Waals surface area (Å²) in [5.41, 5.74) is 0.640. The highest BCUT2D eigenvalue weighted by atomic mass is 32.2. The number of carbonyl (C=O) groups excluding carboxylic acids is 1. The summed E-state index contributed by atoms with van der Waals surface area (Å²) in [6.45, 7) is 2.59. The van der Waals surface area contributed by atoms with Gasteiger partial charge in [-0.2, -0.15) is 0 Å². The molecule has 128 valence electrons. The zero-order valence-electron chi connectivity index (χ0n) is 13.5. The van der Waals surface area contributed by atoms with Crippen LogP contribution in [0.5, 0.6) is 0 Å². The first kappa shape index (κ1) is 17.9. The van der Waals surface area contributed by atoms with Crippen LogP contribution in [-0.4, -0.2) is 40.1 Å². The van der Waals surface area contributed by atoms with E-state index < -0.39 is 21.8 Å². The zero-order valence-corrected chi connectivity index (χ0v) is 14.3. The summed E-state index contributed by atoms with van der Waals surface area (Å²) in [4.78, 5) is 12.3. The highest BCUT2D eigenvalue weighted by Gasteiger charge is 2.34. The maximum Gasteiger partial charge on any atom is 0.239 e. The van der Waals surface area contributed by atoms with Crippen LogP contribution in [0.3, 0.4) is 0 Å². The quantitative estimate of drug-likeness (QED) is 0.775. The molecule has 2 unspecified atom stereocenters. The van der Waals surface area contributed by atoms with Gasteiger partial charge in [-0.1, -0.05) is 37.3 Å². The molecule has 6 nitrogen and oxygen atoms in total. The second kappa shape index (κ2) is 7.90. The van der Waals surface area contributed by atoms with Crippen molar-refractivity contribution in [3.8, 4) is 0 Å². The van der Waals surface area contributed by atoms with Gasteiger partial charge in [0.1, 0.15) is 0 Å². The Morgan fingerprint density at radius 2 is 2.09 bits per heavy atom. The third-order valence-electron chi connectivity index (χ3n) is 4.13. The Kier molecular flexibility index (Phi) is 6.15. The predicted molar refractivity (Wildman–Crippen MR) is 88.2 cm³/mol. The summed E-state index contributed by atoms with van der Waals surface area (Å²) in [5.74, 6) is -1.30. The molecule has 0 saturated carbocycles. The number of ether oxygens (including phenoxy) is 1. The predicted octanol–water partition coefficient (Wildman–Crippen LogP) is 1.04. The molecular weight excluding hydrogens is 316 g/mol. The molecule has 23 heavy (non-hydrogen) atoms. The van der Waals surface area contributed by atoms with E-state index in [-0.39, 0.29) is 17.9 Å². The van der Waals surface area contributed by atoms with Gasteiger partial charge in [-0.05, 0) is 24.9 Å². The number of methoxy groups -OCH3 is 1. The lowest BCUT2D eigenvalue weighted by atomic mass is 9.96. The molecule has 1 saturated heterocycles. The molecule has 1 aromatic carbocycles. The molecule has 2 rings (SSSR count). The van der Waals surface area contributed by atoms with Gasteiger partial charge in [-0.15, -0.1) is 0 Å². The molecule has 0 aromatic heterocycles. The van der Waals surface area contributed by atoms with E-state index in [1.165, 1.54) is 0 Å². The fourth-order valence-corrected chi connectivity index (χ4v) is 4.13. The van der Waals surface area contributed by atoms with Crippen molar-refractivity contribution in [1.82, 2.24) is 10.0 Å². The second-order valence-electron chi connectivity index (χ2n) is 5.90. The Hall–Kier alpha value is -1.44. The largest absolute Gasteiger partial charge is 0.379 e. The minimum Gasteiger partial charge on any atom is -0.379 e. The van der Waals surface area contributed by atoms with Gasteiger partial charge in [-0.25, -0.2) is 8.42 Å². The van der Waals surface area contributed by atoms with Crippen molar-refractivity contribution >= 4 is 15.9 Å². The average molecular weight is 340 g/mol. The van der Waals surface area contributed by atoms with Crippen LogP contribution in [0.1, 0.15) is 25.3 Å². The van der Waals surface area contributed by atoms with E-state index in [1.807, 2.05) is 6.07 Å². The molecule has 0 radical (unpaired) electrons. The molecule has 1 aromatic rings. The molecule has 3 atom stereocenters. The summed E-state index contributed by atoms with van der Waals surface area (Å²) < 4.78 is 31.9. The van der Waals surface area contributed by atoms with Crippen molar-refractivity contribution in [3.05, 3.63) is 35.9 Å². The zero-order chi connectivity index (χ0) is 16.9. The Bertz CT molecular complexity index is 612. The summed E-state index contributed by atoms with van der Waals surface area (Å²) >= 11 is 0. The van der Waals surface area contributed by atoms with Crippen LogP contribution in [0.15, 0.2) is 30.3 Å². The molecule has 0 aliphatic carbocycles. The van der Waals surface area contributed by atoms with E-state index in [1.54, 1.807) is 38.3 Å². The smallest absolute Gasteiger partial charge is 0.239 e. The van der Waals surface area contributed by atoms with E-state index in [9.17, 15) is 13.2 Å². The number of amides is 1. The summed E-state index contributed by atoms with van der Waals surface area (Å²) in [7, 11) is -2.17. The first-order chi connectivity index (χ1) is 10.9. The van der Waals surface area contributed by atoms with Gasteiger partial charge in [0, 0.05) is 13.2 Å². The lowest BCUT2D eigenvalue weighted by molar-refractivity contribution is -0.127. The molecule has 0 bridgehead atoms. The van der Waals surface area contributed by atoms with Crippen LogP contribution >= 0.6 is 0 Å². The third-order valence-corrected chi connectivity index (χ3v) is 5.35. The van der Waals surface area contributed by atoms with Gasteiger partial charge < -0.3 is 10.1 Å². The number of rotatable bonds is 7. The van der Waals surface area contributed by atoms with E-state index in [4.69, 9.17) is 4.74 Å². The molecule has 1 heterocycles. The topological polar surface area (TPSA) is 84.5 Å². The van der Waals surface area contributed by atoms with Crippen molar-refractivity contribution < 1.29 is 17.9 Å². The molecule has 1 fully saturated rings. The van der Waals surface area contributed by atoms with Gasteiger partial charge in [0.05, 0.1) is 17.8 Å². The molecule has 1 amide bonds. The first-order valence-electron chi connectivity index (χ1n) is 7.77. The van der Waals surface area contributed by atoms with Crippen LogP contribution in [0, 0.1) is 5.92 Å². The third kappa shape index (κ3) is 5.02. The van der Waals surface area contributed by atoms with Crippen LogP contribution in [0.4, 0.5) is 0 Å². The van der Waals surface area contributed by atoms with Gasteiger partial charge in [0.25, 0.3) is 0 Å². The second-order valence-corrected chi connectivity index (χ2v) is 7.63. The summed E-state index contributed by atoms with van der Waals surface area (Å²) in [6.07, 6.45) is 1.61. The lowest BCUT2D eigenvalue weighted by Gasteiger charge is -2.27. The minimum absolute atomic E-state index is 0.0811. The Morgan fingerprint density at radius 3 is 2.65 bits per heavy atom. The first-order valence-corrected chi connectivity index (χ1v) is 9.42. The molecule has 1 aliphatic rings. The number of carbonyl (C=O) groups is 1. The molecule has 2 N–H and O–H groups in total. The van der Waals surface area contributed by atoms with E-state index in [0.29, 0.717) is 5.56 Å². The Morgan fingerprint density at radius 1 is 1.39 bits per heavy atom. The van der Waals surface area contributed by atoms with Crippen molar-refractivity contribution in [1.29, 1.82) is 0 Å². The van der Waals surface area contributed by atoms with Crippen LogP contribution in [-0.2, 0) is 25.3 Å². The number of hydrogen-bond donors (Lipinski definition) is 2. The van der Waals surface area contributed by atoms with Crippen LogP contribution in [0.25, 0.3) is 0 Å². The Balaban J connectivity index is 1.98. The van der Waals surface area contributed by atoms with E-state index >= 15 is 0 Å². The maximum absolute atomic E-state index is 12.3. The van der Waals surface area contributed by atoms with Gasteiger partial charge in [0.15, 0.2) is 0 Å². The fourth-order valence-electron chi connectivity index (χ4n) is 2.93. The molecular formula is C16H24N2O4S. The minimum atomic E-state index is -3.72. The number of hydrogen-bond acceptors (Lipinski definition) is 5. The summed E-state index contributed by atoms with van der Waals surface area (Å²) in [6, 6.07) is 8.86. The lowest BCUT2D eigenvalue weighted by Crippen LogP contribution is -2.47. The molecule has 1 aliphatic heterocycles. The normalized spacial score (nSPS) is 20.9. The van der Waals surface area contributed by atoms with Crippen molar-refractivity contribution in [2.45, 2.75) is 37.7 Å². The van der Waals surface area contributed by atoms with Crippen LogP contribution < -0.4 is 10.0 Å². The van der Waals surface area contributed by atoms with Crippen molar-refractivity contribution in [2.75, 3.05) is 13.7 Å². The van der Waals surface area contributed by atoms with Gasteiger partial charge in [0.2, 0.25) is 15.9 Å². The molecule has 0 spiro atoms. The monoisotopic (exact) mass is 340 g/mol. The van der Waals surface area contributed by atoms with Crippen molar-refractivity contribution in [2.24, 2.45) is 5.92 Å². The fraction of sp³-hybridized carbons (Fsp3) is 0.562. The Labute approximate surface area is 137 Å². The molecule has 7 heteroatoms. The number of sulfonamides is 1. The summed E-state index contributed by atoms with van der Waals surface area (Å²) in [5, 5.41) is 3.29. The van der Waals surface area contributed by atoms with Gasteiger partial charge >= 0.3 is 0 Å². The SMILES string of the molecule is COC(C(C)C(=O)NS(=O)(=O)Cc1ccccc1)[C@@H]1CCCN1. The van der Waals surface area contributed by atoms with Crippen molar-refractivity contribution in [3.63, 3.8) is 0 Å². The van der Waals surface area contributed by atoms with Crippen LogP contribution in [0.2, 0.25) is 0 Å². The standard InChI is InChI=1S/C16H24N2O4S/c1-12(15(22-2)14-9-6-10-17-14)16(19)18-23(20,21)11-13-7-4-3-5-8-13/h3-5,7-8,12,14-15,17H,6,9-11H2,1-2H3,(H,18,19)/t12?,14-,15?/m0/s1. The van der Waals surface area contributed by atoms with E-state index in [2.05, 4.69) is 10.0 Å². The van der Waals surface area contributed by atoms with Gasteiger partial charge in [-0.3, -0.25) is 9.52 Å². The number of benzene rings is 1.